The number of pyridine rings is 1. The summed E-state index contributed by atoms with van der Waals surface area (Å²) in [6, 6.07) is 10.2. The first-order valence-corrected chi connectivity index (χ1v) is 10.8. The molecule has 0 aliphatic carbocycles. The Kier molecular flexibility index (Phi) is 9.47. The third-order valence-electron chi connectivity index (χ3n) is 4.35. The molecule has 9 nitrogen and oxygen atoms in total. The summed E-state index contributed by atoms with van der Waals surface area (Å²) in [5.41, 5.74) is 0.638. The average molecular weight is 476 g/mol. The summed E-state index contributed by atoms with van der Waals surface area (Å²) in [5, 5.41) is 9.01. The number of hydrogen-bond acceptors (Lipinski definition) is 6. The van der Waals surface area contributed by atoms with Crippen molar-refractivity contribution in [2.75, 3.05) is 19.0 Å². The van der Waals surface area contributed by atoms with Crippen molar-refractivity contribution < 1.29 is 19.1 Å². The van der Waals surface area contributed by atoms with E-state index in [2.05, 4.69) is 25.9 Å². The molecule has 3 N–H and O–H groups in total. The minimum atomic E-state index is -0.879. The molecule has 1 aromatic carbocycles. The van der Waals surface area contributed by atoms with Crippen molar-refractivity contribution in [3.63, 3.8) is 0 Å². The van der Waals surface area contributed by atoms with E-state index in [4.69, 9.17) is 21.1 Å². The summed E-state index contributed by atoms with van der Waals surface area (Å²) in [7, 11) is 1.31. The highest BCUT2D eigenvalue weighted by molar-refractivity contribution is 6.30. The van der Waals surface area contributed by atoms with Crippen LogP contribution in [-0.2, 0) is 16.1 Å². The largest absolute Gasteiger partial charge is 0.475 e. The van der Waals surface area contributed by atoms with Crippen LogP contribution in [0.15, 0.2) is 47.6 Å². The van der Waals surface area contributed by atoms with Gasteiger partial charge in [-0.15, -0.1) is 0 Å². The van der Waals surface area contributed by atoms with Gasteiger partial charge in [0.2, 0.25) is 11.8 Å². The summed E-state index contributed by atoms with van der Waals surface area (Å²) < 4.78 is 10.3. The van der Waals surface area contributed by atoms with E-state index in [0.29, 0.717) is 23.1 Å². The number of methoxy groups -OCH3 is 1. The predicted octanol–water partition coefficient (Wildman–Crippen LogP) is 3.99. The van der Waals surface area contributed by atoms with E-state index in [1.165, 1.54) is 7.11 Å². The zero-order chi connectivity index (χ0) is 24.4. The molecule has 178 valence electrons. The zero-order valence-electron chi connectivity index (χ0n) is 19.4. The highest BCUT2D eigenvalue weighted by Crippen LogP contribution is 2.16. The molecule has 0 aliphatic rings. The number of nitrogens with one attached hydrogen (secondary N) is 3. The van der Waals surface area contributed by atoms with Crippen LogP contribution in [0.3, 0.4) is 0 Å². The molecule has 0 saturated heterocycles. The molecule has 2 rings (SSSR count). The molecule has 1 heterocycles. The maximum absolute atomic E-state index is 12.5. The van der Waals surface area contributed by atoms with Gasteiger partial charge in [0, 0.05) is 17.6 Å². The number of rotatable bonds is 8. The molecule has 0 spiro atoms. The second kappa shape index (κ2) is 12.1. The number of nitrogens with zero attached hydrogens (tertiary/aromatic N) is 2. The molecule has 0 atom stereocenters. The topological polar surface area (TPSA) is 114 Å². The first-order chi connectivity index (χ1) is 15.6. The smallest absolute Gasteiger partial charge is 0.321 e. The van der Waals surface area contributed by atoms with Crippen LogP contribution in [0.4, 0.5) is 10.5 Å². The Hall–Kier alpha value is -3.33. The quantitative estimate of drug-likeness (QED) is 0.302. The summed E-state index contributed by atoms with van der Waals surface area (Å²) in [6.07, 6.45) is 1.59. The van der Waals surface area contributed by atoms with Crippen molar-refractivity contribution in [3.05, 3.63) is 53.2 Å². The molecule has 0 aliphatic heterocycles. The van der Waals surface area contributed by atoms with Crippen LogP contribution in [0.5, 0.6) is 5.88 Å². The number of ether oxygens (including phenoxy) is 2. The van der Waals surface area contributed by atoms with Gasteiger partial charge in [0.15, 0.2) is 0 Å². The Morgan fingerprint density at radius 3 is 2.42 bits per heavy atom. The van der Waals surface area contributed by atoms with Gasteiger partial charge < -0.3 is 20.1 Å². The van der Waals surface area contributed by atoms with Gasteiger partial charge in [0.1, 0.15) is 0 Å². The molecule has 33 heavy (non-hydrogen) atoms. The first kappa shape index (κ1) is 25.9. The molecule has 0 unspecified atom stereocenters. The number of hydrogen-bond donors (Lipinski definition) is 3. The van der Waals surface area contributed by atoms with Gasteiger partial charge in [-0.3, -0.25) is 10.1 Å². The molecule has 10 heteroatoms. The Morgan fingerprint density at radius 1 is 1.15 bits per heavy atom. The number of anilines is 1. The minimum absolute atomic E-state index is 0.00686. The number of urea groups is 1. The van der Waals surface area contributed by atoms with Crippen LogP contribution in [-0.4, -0.2) is 42.7 Å². The Bertz CT molecular complexity index is 960. The van der Waals surface area contributed by atoms with Crippen LogP contribution >= 0.6 is 11.6 Å². The Labute approximate surface area is 198 Å². The standard InChI is InChI=1S/C23H30ClN5O4/c1-15(2)33-19-11-10-18(13-25-19)28-21(26-12-16-6-8-17(24)9-7-16)29-22(31)27-14-23(3,4)20(30)32-5/h6-11,13,15H,12,14H2,1-5H3,(H3,26,27,28,29,31). The monoisotopic (exact) mass is 475 g/mol. The summed E-state index contributed by atoms with van der Waals surface area (Å²) in [6.45, 7) is 7.58. The number of aliphatic imine (C=N–C) groups is 1. The second-order valence-corrected chi connectivity index (χ2v) is 8.59. The number of carbonyl (C=O) groups excluding carboxylic acids is 2. The van der Waals surface area contributed by atoms with Gasteiger partial charge in [-0.1, -0.05) is 23.7 Å². The SMILES string of the molecule is COC(=O)C(C)(C)CNC(=O)NC(=NCc1ccc(Cl)cc1)Nc1ccc(OC(C)C)nc1. The third kappa shape index (κ3) is 8.97. The van der Waals surface area contributed by atoms with Crippen molar-refractivity contribution in [2.24, 2.45) is 10.4 Å². The molecular formula is C23H30ClN5O4. The number of amides is 2. The van der Waals surface area contributed by atoms with Crippen molar-refractivity contribution >= 4 is 35.2 Å². The van der Waals surface area contributed by atoms with Gasteiger partial charge in [-0.05, 0) is 51.5 Å². The van der Waals surface area contributed by atoms with Crippen LogP contribution in [0.1, 0.15) is 33.3 Å². The fraction of sp³-hybridized carbons (Fsp3) is 0.391. The normalized spacial score (nSPS) is 11.7. The highest BCUT2D eigenvalue weighted by atomic mass is 35.5. The van der Waals surface area contributed by atoms with Crippen molar-refractivity contribution in [3.8, 4) is 5.88 Å². The third-order valence-corrected chi connectivity index (χ3v) is 4.60. The maximum atomic E-state index is 12.5. The number of aromatic nitrogens is 1. The maximum Gasteiger partial charge on any atom is 0.321 e. The molecule has 0 radical (unpaired) electrons. The predicted molar refractivity (Wildman–Crippen MR) is 129 cm³/mol. The fourth-order valence-corrected chi connectivity index (χ4v) is 2.70. The van der Waals surface area contributed by atoms with E-state index in [1.54, 1.807) is 44.3 Å². The van der Waals surface area contributed by atoms with E-state index >= 15 is 0 Å². The van der Waals surface area contributed by atoms with Crippen LogP contribution in [0, 0.1) is 5.41 Å². The average Bonchev–Trinajstić information content (AvgIpc) is 2.77. The molecule has 2 amide bonds. The van der Waals surface area contributed by atoms with E-state index in [-0.39, 0.29) is 18.6 Å². The lowest BCUT2D eigenvalue weighted by molar-refractivity contribution is -0.150. The van der Waals surface area contributed by atoms with Crippen molar-refractivity contribution in [1.82, 2.24) is 15.6 Å². The van der Waals surface area contributed by atoms with Gasteiger partial charge >= 0.3 is 12.0 Å². The Morgan fingerprint density at radius 2 is 1.85 bits per heavy atom. The Balaban J connectivity index is 2.10. The molecule has 1 aromatic heterocycles. The van der Waals surface area contributed by atoms with Crippen molar-refractivity contribution in [2.45, 2.75) is 40.3 Å². The zero-order valence-corrected chi connectivity index (χ0v) is 20.2. The molecular weight excluding hydrogens is 446 g/mol. The van der Waals surface area contributed by atoms with E-state index < -0.39 is 17.4 Å². The van der Waals surface area contributed by atoms with E-state index in [1.807, 2.05) is 26.0 Å². The molecule has 2 aromatic rings. The summed E-state index contributed by atoms with van der Waals surface area (Å²) >= 11 is 5.94. The van der Waals surface area contributed by atoms with Gasteiger partial charge in [-0.25, -0.2) is 14.8 Å². The van der Waals surface area contributed by atoms with Gasteiger partial charge in [-0.2, -0.15) is 0 Å². The number of carbonyl (C=O) groups is 2. The van der Waals surface area contributed by atoms with Gasteiger partial charge in [0.25, 0.3) is 0 Å². The number of benzene rings is 1. The van der Waals surface area contributed by atoms with Crippen LogP contribution in [0.25, 0.3) is 0 Å². The fourth-order valence-electron chi connectivity index (χ4n) is 2.57. The summed E-state index contributed by atoms with van der Waals surface area (Å²) in [4.78, 5) is 33.0. The summed E-state index contributed by atoms with van der Waals surface area (Å²) in [5.74, 6) is 0.274. The second-order valence-electron chi connectivity index (χ2n) is 8.15. The minimum Gasteiger partial charge on any atom is -0.475 e. The molecule has 0 saturated carbocycles. The molecule has 0 bridgehead atoms. The van der Waals surface area contributed by atoms with E-state index in [0.717, 1.165) is 5.56 Å². The lowest BCUT2D eigenvalue weighted by atomic mass is 9.94. The lowest BCUT2D eigenvalue weighted by Crippen LogP contribution is -2.47. The van der Waals surface area contributed by atoms with Crippen LogP contribution < -0.4 is 20.7 Å². The first-order valence-electron chi connectivity index (χ1n) is 10.4. The highest BCUT2D eigenvalue weighted by Gasteiger charge is 2.29. The number of esters is 1. The number of halogens is 1. The van der Waals surface area contributed by atoms with Gasteiger partial charge in [0.05, 0.1) is 37.1 Å². The molecule has 0 fully saturated rings. The van der Waals surface area contributed by atoms with E-state index in [9.17, 15) is 9.59 Å². The number of guanidine groups is 1. The lowest BCUT2D eigenvalue weighted by Gasteiger charge is -2.22. The van der Waals surface area contributed by atoms with Crippen LogP contribution in [0.2, 0.25) is 5.02 Å². The van der Waals surface area contributed by atoms with Crippen molar-refractivity contribution in [1.29, 1.82) is 0 Å².